The Labute approximate surface area is 269 Å². The van der Waals surface area contributed by atoms with Gasteiger partial charge < -0.3 is 24.8 Å². The van der Waals surface area contributed by atoms with Crippen molar-refractivity contribution >= 4 is 40.7 Å². The van der Waals surface area contributed by atoms with E-state index in [0.717, 1.165) is 21.8 Å². The Kier molecular flexibility index (Phi) is 9.77. The van der Waals surface area contributed by atoms with E-state index in [2.05, 4.69) is 15.7 Å². The number of rotatable bonds is 4. The first kappa shape index (κ1) is 30.8. The Hall–Kier alpha value is -4.20. The molecule has 1 aromatic carbocycles. The Morgan fingerprint density at radius 3 is 2.76 bits per heavy atom. The van der Waals surface area contributed by atoms with E-state index >= 15 is 0 Å². The predicted molar refractivity (Wildman–Crippen MR) is 169 cm³/mol. The maximum atomic E-state index is 13.6. The minimum Gasteiger partial charge on any atom is -0.494 e. The molecule has 2 N–H and O–H groups in total. The molecule has 3 aromatic heterocycles. The number of halogens is 1. The summed E-state index contributed by atoms with van der Waals surface area (Å²) in [6.45, 7) is 3.17. The number of nitrogens with one attached hydrogen (secondary N) is 2. The fraction of sp³-hybridized carbons (Fsp3) is 0.387. The first-order chi connectivity index (χ1) is 21.9. The van der Waals surface area contributed by atoms with Crippen LogP contribution in [0, 0.1) is 0 Å². The summed E-state index contributed by atoms with van der Waals surface area (Å²) < 4.78 is 10.2. The van der Waals surface area contributed by atoms with Crippen molar-refractivity contribution in [2.75, 3.05) is 39.3 Å². The van der Waals surface area contributed by atoms with Gasteiger partial charge in [0.15, 0.2) is 0 Å². The number of fused-ring (bicyclic) bond motifs is 3. The zero-order valence-electron chi connectivity index (χ0n) is 24.7. The van der Waals surface area contributed by atoms with Crippen LogP contribution in [0.4, 0.5) is 0 Å². The number of ether oxygens (including phenoxy) is 1. The standard InChI is InChI=1S/C31H35ClN8O4S/c32-26-7-6-24(45-26)17-37-14-11-34-28(42)19-38-21-35-30-25(38)8-13-40(29(43)20-39-12-2-10-36-39)31(30)22-4-1-5-23(16-22)44-15-3-9-33-27(41)18-37/h1-2,4-7,10,12,16,21,31H,3,8-9,11,13-15,17-20H2,(H,33,41)(H,34,42). The van der Waals surface area contributed by atoms with E-state index in [1.807, 2.05) is 50.8 Å². The molecule has 0 saturated heterocycles. The summed E-state index contributed by atoms with van der Waals surface area (Å²) in [6, 6.07) is 12.8. The Balaban J connectivity index is 1.25. The SMILES string of the molecule is O=C1CN(Cc2ccc(Cl)s2)CCNC(=O)Cn2cnc3c2CCN(C(=O)Cn2cccn2)C3c2cccc(c2)OCCCN1. The van der Waals surface area contributed by atoms with Gasteiger partial charge >= 0.3 is 0 Å². The molecular weight excluding hydrogens is 616 g/mol. The van der Waals surface area contributed by atoms with Gasteiger partial charge in [-0.05, 0) is 42.3 Å². The maximum absolute atomic E-state index is 13.6. The number of amides is 3. The van der Waals surface area contributed by atoms with Gasteiger partial charge in [0.25, 0.3) is 0 Å². The van der Waals surface area contributed by atoms with Crippen LogP contribution in [0.5, 0.6) is 5.75 Å². The molecule has 1 atom stereocenters. The normalized spacial score (nSPS) is 18.5. The second-order valence-corrected chi connectivity index (χ2v) is 12.8. The van der Waals surface area contributed by atoms with Crippen molar-refractivity contribution in [2.45, 2.75) is 38.5 Å². The highest BCUT2D eigenvalue weighted by molar-refractivity contribution is 7.16. The molecule has 4 aromatic rings. The van der Waals surface area contributed by atoms with Gasteiger partial charge in [0.1, 0.15) is 24.9 Å². The molecule has 3 amide bonds. The van der Waals surface area contributed by atoms with Crippen LogP contribution >= 0.6 is 22.9 Å². The molecule has 0 saturated carbocycles. The Morgan fingerprint density at radius 1 is 1.07 bits per heavy atom. The van der Waals surface area contributed by atoms with E-state index in [4.69, 9.17) is 21.3 Å². The number of nitrogens with zero attached hydrogens (tertiary/aromatic N) is 6. The third-order valence-electron chi connectivity index (χ3n) is 7.84. The van der Waals surface area contributed by atoms with Gasteiger partial charge in [0.05, 0.1) is 29.5 Å². The average molecular weight is 651 g/mol. The molecule has 0 spiro atoms. The first-order valence-corrected chi connectivity index (χ1v) is 16.2. The monoisotopic (exact) mass is 650 g/mol. The summed E-state index contributed by atoms with van der Waals surface area (Å²) in [5, 5.41) is 10.2. The number of carbonyl (C=O) groups is 3. The van der Waals surface area contributed by atoms with Gasteiger partial charge in [-0.25, -0.2) is 4.98 Å². The fourth-order valence-electron chi connectivity index (χ4n) is 5.75. The molecule has 5 heterocycles. The van der Waals surface area contributed by atoms with Gasteiger partial charge in [-0.15, -0.1) is 11.3 Å². The Bertz CT molecular complexity index is 1640. The smallest absolute Gasteiger partial charge is 0.245 e. The summed E-state index contributed by atoms with van der Waals surface area (Å²) in [7, 11) is 0. The van der Waals surface area contributed by atoms with Crippen LogP contribution in [-0.4, -0.2) is 86.2 Å². The van der Waals surface area contributed by atoms with Crippen LogP contribution in [0.15, 0.2) is 61.2 Å². The van der Waals surface area contributed by atoms with Gasteiger partial charge in [0.2, 0.25) is 17.7 Å². The third-order valence-corrected chi connectivity index (χ3v) is 9.06. The summed E-state index contributed by atoms with van der Waals surface area (Å²) in [4.78, 5) is 49.1. The van der Waals surface area contributed by atoms with Crippen LogP contribution in [-0.2, 0) is 40.4 Å². The zero-order chi connectivity index (χ0) is 31.2. The molecule has 0 aliphatic carbocycles. The number of imidazole rings is 1. The number of hydrogen-bond donors (Lipinski definition) is 2. The lowest BCUT2D eigenvalue weighted by molar-refractivity contribution is -0.134. The lowest BCUT2D eigenvalue weighted by Crippen LogP contribution is -2.43. The number of hydrogen-bond acceptors (Lipinski definition) is 8. The van der Waals surface area contributed by atoms with Crippen molar-refractivity contribution in [1.82, 2.24) is 39.8 Å². The highest BCUT2D eigenvalue weighted by atomic mass is 35.5. The van der Waals surface area contributed by atoms with Crippen molar-refractivity contribution in [3.8, 4) is 5.75 Å². The molecule has 236 valence electrons. The lowest BCUT2D eigenvalue weighted by atomic mass is 9.95. The minimum absolute atomic E-state index is 0.0764. The highest BCUT2D eigenvalue weighted by Gasteiger charge is 2.35. The van der Waals surface area contributed by atoms with Gasteiger partial charge in [-0.1, -0.05) is 23.7 Å². The summed E-state index contributed by atoms with van der Waals surface area (Å²) >= 11 is 7.61. The topological polar surface area (TPSA) is 127 Å². The number of aromatic nitrogens is 4. The minimum atomic E-state index is -0.450. The van der Waals surface area contributed by atoms with Crippen LogP contribution < -0.4 is 15.4 Å². The molecule has 0 radical (unpaired) electrons. The molecule has 12 nitrogen and oxygen atoms in total. The van der Waals surface area contributed by atoms with Gasteiger partial charge in [0, 0.05) is 62.1 Å². The van der Waals surface area contributed by atoms with E-state index in [0.29, 0.717) is 62.3 Å². The number of carbonyl (C=O) groups excluding carboxylic acids is 3. The highest BCUT2D eigenvalue weighted by Crippen LogP contribution is 2.36. The molecule has 6 rings (SSSR count). The van der Waals surface area contributed by atoms with E-state index in [1.165, 1.54) is 11.3 Å². The van der Waals surface area contributed by atoms with Gasteiger partial charge in [-0.3, -0.25) is 24.0 Å². The number of benzene rings is 1. The van der Waals surface area contributed by atoms with E-state index in [1.54, 1.807) is 29.5 Å². The van der Waals surface area contributed by atoms with Crippen molar-refractivity contribution in [2.24, 2.45) is 0 Å². The van der Waals surface area contributed by atoms with Crippen LogP contribution in [0.3, 0.4) is 0 Å². The van der Waals surface area contributed by atoms with Crippen molar-refractivity contribution < 1.29 is 19.1 Å². The van der Waals surface area contributed by atoms with E-state index < -0.39 is 6.04 Å². The number of thiophene rings is 1. The van der Waals surface area contributed by atoms with Crippen molar-refractivity contribution in [3.05, 3.63) is 87.4 Å². The molecule has 14 heteroatoms. The molecular formula is C31H35ClN8O4S. The first-order valence-electron chi connectivity index (χ1n) is 15.0. The van der Waals surface area contributed by atoms with Crippen LogP contribution in [0.2, 0.25) is 4.34 Å². The molecule has 1 unspecified atom stereocenters. The zero-order valence-corrected chi connectivity index (χ0v) is 26.3. The molecule has 2 aliphatic heterocycles. The van der Waals surface area contributed by atoms with E-state index in [-0.39, 0.29) is 37.4 Å². The van der Waals surface area contributed by atoms with E-state index in [9.17, 15) is 14.4 Å². The molecule has 0 fully saturated rings. The maximum Gasteiger partial charge on any atom is 0.245 e. The van der Waals surface area contributed by atoms with Crippen LogP contribution in [0.25, 0.3) is 0 Å². The van der Waals surface area contributed by atoms with Crippen LogP contribution in [0.1, 0.15) is 34.3 Å². The molecule has 6 bridgehead atoms. The second kappa shape index (κ2) is 14.3. The van der Waals surface area contributed by atoms with Crippen molar-refractivity contribution in [3.63, 3.8) is 0 Å². The average Bonchev–Trinajstić information content (AvgIpc) is 3.78. The fourth-order valence-corrected chi connectivity index (χ4v) is 6.88. The largest absolute Gasteiger partial charge is 0.494 e. The Morgan fingerprint density at radius 2 is 1.93 bits per heavy atom. The lowest BCUT2D eigenvalue weighted by Gasteiger charge is -2.36. The summed E-state index contributed by atoms with van der Waals surface area (Å²) in [6.07, 6.45) is 6.28. The summed E-state index contributed by atoms with van der Waals surface area (Å²) in [5.41, 5.74) is 2.54. The predicted octanol–water partition coefficient (Wildman–Crippen LogP) is 2.49. The third kappa shape index (κ3) is 7.72. The molecule has 45 heavy (non-hydrogen) atoms. The molecule has 2 aliphatic rings. The van der Waals surface area contributed by atoms with Gasteiger partial charge in [-0.2, -0.15) is 5.10 Å². The quantitative estimate of drug-likeness (QED) is 0.348. The summed E-state index contributed by atoms with van der Waals surface area (Å²) in [5.74, 6) is 0.338. The van der Waals surface area contributed by atoms with Crippen molar-refractivity contribution in [1.29, 1.82) is 0 Å². The second-order valence-electron chi connectivity index (χ2n) is 11.0.